The Kier molecular flexibility index (Phi) is 4.28. The van der Waals surface area contributed by atoms with E-state index >= 15 is 0 Å². The molecule has 1 saturated heterocycles. The van der Waals surface area contributed by atoms with Gasteiger partial charge < -0.3 is 4.90 Å². The Balaban J connectivity index is 2.24. The van der Waals surface area contributed by atoms with E-state index in [-0.39, 0.29) is 5.91 Å². The summed E-state index contributed by atoms with van der Waals surface area (Å²) in [7, 11) is 0. The van der Waals surface area contributed by atoms with Gasteiger partial charge in [0.15, 0.2) is 0 Å². The van der Waals surface area contributed by atoms with Gasteiger partial charge in [0.2, 0.25) is 0 Å². The predicted octanol–water partition coefficient (Wildman–Crippen LogP) is 3.99. The van der Waals surface area contributed by atoms with Gasteiger partial charge in [0.25, 0.3) is 5.91 Å². The molecule has 18 heavy (non-hydrogen) atoms. The van der Waals surface area contributed by atoms with Gasteiger partial charge in [0, 0.05) is 12.6 Å². The molecule has 1 fully saturated rings. The molecule has 1 aliphatic heterocycles. The van der Waals surface area contributed by atoms with Crippen molar-refractivity contribution in [1.82, 2.24) is 4.90 Å². The van der Waals surface area contributed by atoms with E-state index in [1.54, 1.807) is 6.07 Å². The lowest BCUT2D eigenvalue weighted by atomic mass is 9.92. The number of hydrogen-bond donors (Lipinski definition) is 0. The minimum atomic E-state index is 0.0824. The Morgan fingerprint density at radius 3 is 2.72 bits per heavy atom. The van der Waals surface area contributed by atoms with Gasteiger partial charge >= 0.3 is 0 Å². The summed E-state index contributed by atoms with van der Waals surface area (Å²) in [5, 5.41) is 0.551. The highest BCUT2D eigenvalue weighted by Crippen LogP contribution is 2.26. The van der Waals surface area contributed by atoms with Crippen LogP contribution in [0.1, 0.15) is 43.5 Å². The van der Waals surface area contributed by atoms with Crippen molar-refractivity contribution < 1.29 is 4.79 Å². The van der Waals surface area contributed by atoms with Crippen LogP contribution in [0.5, 0.6) is 0 Å². The van der Waals surface area contributed by atoms with Gasteiger partial charge in [0.05, 0.1) is 10.6 Å². The maximum absolute atomic E-state index is 12.6. The SMILES string of the molecule is CC(C)C1CCCCN1C(=O)c1ccccc1Cl. The molecule has 0 spiro atoms. The normalized spacial score (nSPS) is 20.2. The zero-order chi connectivity index (χ0) is 13.1. The first kappa shape index (κ1) is 13.4. The molecule has 0 saturated carbocycles. The van der Waals surface area contributed by atoms with Crippen LogP contribution in [0.4, 0.5) is 0 Å². The molecular weight excluding hydrogens is 246 g/mol. The summed E-state index contributed by atoms with van der Waals surface area (Å²) in [6, 6.07) is 7.67. The summed E-state index contributed by atoms with van der Waals surface area (Å²) in [6.07, 6.45) is 3.42. The second-order valence-corrected chi connectivity index (χ2v) is 5.69. The van der Waals surface area contributed by atoms with E-state index < -0.39 is 0 Å². The molecular formula is C15H20ClNO. The molecule has 1 aromatic rings. The van der Waals surface area contributed by atoms with E-state index in [0.29, 0.717) is 22.5 Å². The number of carbonyl (C=O) groups excluding carboxylic acids is 1. The molecule has 0 radical (unpaired) electrons. The fraction of sp³-hybridized carbons (Fsp3) is 0.533. The van der Waals surface area contributed by atoms with Crippen molar-refractivity contribution in [3.05, 3.63) is 34.9 Å². The number of hydrogen-bond acceptors (Lipinski definition) is 1. The average Bonchev–Trinajstić information content (AvgIpc) is 2.38. The Labute approximate surface area is 114 Å². The first-order valence-electron chi connectivity index (χ1n) is 6.66. The number of nitrogens with zero attached hydrogens (tertiary/aromatic N) is 1. The van der Waals surface area contributed by atoms with Gasteiger partial charge in [0.1, 0.15) is 0 Å². The largest absolute Gasteiger partial charge is 0.335 e. The quantitative estimate of drug-likeness (QED) is 0.792. The van der Waals surface area contributed by atoms with E-state index in [2.05, 4.69) is 13.8 Å². The van der Waals surface area contributed by atoms with Crippen LogP contribution in [0, 0.1) is 5.92 Å². The van der Waals surface area contributed by atoms with Gasteiger partial charge in [-0.3, -0.25) is 4.79 Å². The van der Waals surface area contributed by atoms with E-state index in [0.717, 1.165) is 19.4 Å². The maximum atomic E-state index is 12.6. The number of rotatable bonds is 2. The monoisotopic (exact) mass is 265 g/mol. The van der Waals surface area contributed by atoms with Crippen molar-refractivity contribution in [2.24, 2.45) is 5.92 Å². The molecule has 1 aliphatic rings. The molecule has 1 amide bonds. The minimum absolute atomic E-state index is 0.0824. The number of piperidine rings is 1. The number of carbonyl (C=O) groups is 1. The highest BCUT2D eigenvalue weighted by molar-refractivity contribution is 6.33. The molecule has 1 heterocycles. The second-order valence-electron chi connectivity index (χ2n) is 5.29. The van der Waals surface area contributed by atoms with Crippen molar-refractivity contribution in [3.8, 4) is 0 Å². The third-order valence-electron chi connectivity index (χ3n) is 3.68. The third kappa shape index (κ3) is 2.69. The van der Waals surface area contributed by atoms with Gasteiger partial charge in [-0.25, -0.2) is 0 Å². The highest BCUT2D eigenvalue weighted by atomic mass is 35.5. The van der Waals surface area contributed by atoms with Crippen LogP contribution in [0.25, 0.3) is 0 Å². The van der Waals surface area contributed by atoms with Crippen LogP contribution < -0.4 is 0 Å². The molecule has 1 aromatic carbocycles. The summed E-state index contributed by atoms with van der Waals surface area (Å²) in [4.78, 5) is 14.6. The highest BCUT2D eigenvalue weighted by Gasteiger charge is 2.30. The van der Waals surface area contributed by atoms with Crippen LogP contribution in [0.15, 0.2) is 24.3 Å². The van der Waals surface area contributed by atoms with Crippen LogP contribution in [-0.4, -0.2) is 23.4 Å². The molecule has 2 rings (SSSR count). The second kappa shape index (κ2) is 5.75. The molecule has 3 heteroatoms. The van der Waals surface area contributed by atoms with Gasteiger partial charge in [-0.1, -0.05) is 37.6 Å². The van der Waals surface area contributed by atoms with Crippen LogP contribution in [0.2, 0.25) is 5.02 Å². The number of halogens is 1. The number of amides is 1. The van der Waals surface area contributed by atoms with Gasteiger partial charge in [-0.2, -0.15) is 0 Å². The lowest BCUT2D eigenvalue weighted by molar-refractivity contribution is 0.0543. The van der Waals surface area contributed by atoms with Crippen molar-refractivity contribution in [3.63, 3.8) is 0 Å². The van der Waals surface area contributed by atoms with Crippen molar-refractivity contribution in [2.75, 3.05) is 6.54 Å². The predicted molar refractivity (Wildman–Crippen MR) is 75.0 cm³/mol. The molecule has 1 unspecified atom stereocenters. The third-order valence-corrected chi connectivity index (χ3v) is 4.01. The van der Waals surface area contributed by atoms with Crippen molar-refractivity contribution in [2.45, 2.75) is 39.2 Å². The van der Waals surface area contributed by atoms with E-state index in [1.165, 1.54) is 6.42 Å². The molecule has 98 valence electrons. The minimum Gasteiger partial charge on any atom is -0.335 e. The van der Waals surface area contributed by atoms with Crippen molar-refractivity contribution >= 4 is 17.5 Å². The lowest BCUT2D eigenvalue weighted by Gasteiger charge is -2.38. The Morgan fingerprint density at radius 2 is 2.06 bits per heavy atom. The first-order chi connectivity index (χ1) is 8.61. The van der Waals surface area contributed by atoms with E-state index in [1.807, 2.05) is 23.1 Å². The lowest BCUT2D eigenvalue weighted by Crippen LogP contribution is -2.46. The summed E-state index contributed by atoms with van der Waals surface area (Å²) in [5.74, 6) is 0.579. The summed E-state index contributed by atoms with van der Waals surface area (Å²) >= 11 is 6.12. The first-order valence-corrected chi connectivity index (χ1v) is 7.04. The topological polar surface area (TPSA) is 20.3 Å². The van der Waals surface area contributed by atoms with Crippen LogP contribution >= 0.6 is 11.6 Å². The van der Waals surface area contributed by atoms with Crippen LogP contribution in [-0.2, 0) is 0 Å². The average molecular weight is 266 g/mol. The zero-order valence-corrected chi connectivity index (χ0v) is 11.8. The Hall–Kier alpha value is -1.02. The van der Waals surface area contributed by atoms with Gasteiger partial charge in [-0.15, -0.1) is 0 Å². The molecule has 0 N–H and O–H groups in total. The van der Waals surface area contributed by atoms with E-state index in [9.17, 15) is 4.79 Å². The fourth-order valence-electron chi connectivity index (χ4n) is 2.69. The van der Waals surface area contributed by atoms with Gasteiger partial charge in [-0.05, 0) is 37.3 Å². The summed E-state index contributed by atoms with van der Waals surface area (Å²) < 4.78 is 0. The van der Waals surface area contributed by atoms with Crippen molar-refractivity contribution in [1.29, 1.82) is 0 Å². The molecule has 2 nitrogen and oxygen atoms in total. The fourth-order valence-corrected chi connectivity index (χ4v) is 2.91. The number of benzene rings is 1. The number of likely N-dealkylation sites (tertiary alicyclic amines) is 1. The summed E-state index contributed by atoms with van der Waals surface area (Å²) in [5.41, 5.74) is 0.631. The standard InChI is InChI=1S/C15H20ClNO/c1-11(2)14-9-5-6-10-17(14)15(18)12-7-3-4-8-13(12)16/h3-4,7-8,11,14H,5-6,9-10H2,1-2H3. The summed E-state index contributed by atoms with van der Waals surface area (Å²) in [6.45, 7) is 5.22. The Morgan fingerprint density at radius 1 is 1.33 bits per heavy atom. The van der Waals surface area contributed by atoms with Crippen LogP contribution in [0.3, 0.4) is 0 Å². The molecule has 1 atom stereocenters. The molecule has 0 aromatic heterocycles. The molecule has 0 aliphatic carbocycles. The maximum Gasteiger partial charge on any atom is 0.255 e. The smallest absolute Gasteiger partial charge is 0.255 e. The zero-order valence-electron chi connectivity index (χ0n) is 11.0. The van der Waals surface area contributed by atoms with E-state index in [4.69, 9.17) is 11.6 Å². The Bertz CT molecular complexity index is 430. The molecule has 0 bridgehead atoms.